The van der Waals surface area contributed by atoms with Gasteiger partial charge in [-0.2, -0.15) is 12.6 Å². The van der Waals surface area contributed by atoms with Crippen molar-refractivity contribution < 1.29 is 4.79 Å². The van der Waals surface area contributed by atoms with Gasteiger partial charge in [-0.3, -0.25) is 4.79 Å². The monoisotopic (exact) mass is 304 g/mol. The third kappa shape index (κ3) is 2.63. The van der Waals surface area contributed by atoms with Crippen LogP contribution in [0.3, 0.4) is 0 Å². The zero-order chi connectivity index (χ0) is 11.7. The molecule has 0 spiro atoms. The van der Waals surface area contributed by atoms with Crippen LogP contribution in [0.4, 0.5) is 0 Å². The minimum Gasteiger partial charge on any atom is -0.368 e. The summed E-state index contributed by atoms with van der Waals surface area (Å²) in [4.78, 5) is 14.6. The summed E-state index contributed by atoms with van der Waals surface area (Å²) in [5, 5.41) is -1.06. The van der Waals surface area contributed by atoms with Crippen LogP contribution in [0, 0.1) is 0 Å². The van der Waals surface area contributed by atoms with Crippen molar-refractivity contribution in [2.24, 2.45) is 5.73 Å². The molecule has 3 nitrogen and oxygen atoms in total. The number of carbonyl (C=O) groups is 1. The highest BCUT2D eigenvalue weighted by atomic mass is 35.5. The summed E-state index contributed by atoms with van der Waals surface area (Å²) >= 11 is 26.9. The molecule has 1 heterocycles. The lowest BCUT2D eigenvalue weighted by Crippen LogP contribution is -2.18. The molecule has 82 valence electrons. The molecule has 1 aromatic rings. The number of nitrogens with two attached hydrogens (primary N) is 1. The second kappa shape index (κ2) is 4.97. The molecule has 1 atom stereocenters. The normalized spacial score (nSPS) is 12.6. The number of carbonyl (C=O) groups excluding carboxylic acids is 1. The molecule has 0 saturated heterocycles. The van der Waals surface area contributed by atoms with Gasteiger partial charge in [0, 0.05) is 5.56 Å². The summed E-state index contributed by atoms with van der Waals surface area (Å²) in [7, 11) is 0. The Hall–Kier alpha value is 0.130. The first kappa shape index (κ1) is 13.2. The van der Waals surface area contributed by atoms with E-state index in [4.69, 9.17) is 52.1 Å². The van der Waals surface area contributed by atoms with E-state index in [1.807, 2.05) is 0 Å². The number of rotatable bonds is 2. The van der Waals surface area contributed by atoms with Gasteiger partial charge >= 0.3 is 0 Å². The van der Waals surface area contributed by atoms with E-state index in [9.17, 15) is 4.79 Å². The Labute approximate surface area is 111 Å². The van der Waals surface area contributed by atoms with Gasteiger partial charge < -0.3 is 5.73 Å². The number of thiol groups is 1. The predicted octanol–water partition coefficient (Wildman–Crippen LogP) is 3.15. The van der Waals surface area contributed by atoms with E-state index < -0.39 is 11.2 Å². The fourth-order valence-electron chi connectivity index (χ4n) is 0.885. The van der Waals surface area contributed by atoms with E-state index >= 15 is 0 Å². The maximum atomic E-state index is 10.9. The molecule has 15 heavy (non-hydrogen) atoms. The van der Waals surface area contributed by atoms with Gasteiger partial charge in [-0.15, -0.1) is 0 Å². The number of aromatic nitrogens is 1. The van der Waals surface area contributed by atoms with Crippen LogP contribution in [0.25, 0.3) is 0 Å². The fourth-order valence-corrected chi connectivity index (χ4v) is 2.25. The van der Waals surface area contributed by atoms with Crippen molar-refractivity contribution in [3.8, 4) is 0 Å². The second-order valence-corrected chi connectivity index (χ2v) is 4.53. The minimum absolute atomic E-state index is 0.0184. The molecule has 1 amide bonds. The Kier molecular flexibility index (Phi) is 4.38. The van der Waals surface area contributed by atoms with Crippen LogP contribution in [0.15, 0.2) is 0 Å². The first-order chi connectivity index (χ1) is 6.86. The molecule has 0 radical (unpaired) electrons. The van der Waals surface area contributed by atoms with E-state index in [-0.39, 0.29) is 25.9 Å². The number of halogens is 4. The van der Waals surface area contributed by atoms with Crippen molar-refractivity contribution in [3.63, 3.8) is 0 Å². The number of amides is 1. The molecule has 1 aromatic heterocycles. The van der Waals surface area contributed by atoms with Crippen molar-refractivity contribution in [3.05, 3.63) is 25.9 Å². The molecule has 0 aliphatic rings. The van der Waals surface area contributed by atoms with Crippen molar-refractivity contribution >= 4 is 64.9 Å². The lowest BCUT2D eigenvalue weighted by atomic mass is 10.2. The first-order valence-electron chi connectivity index (χ1n) is 3.53. The Morgan fingerprint density at radius 1 is 1.20 bits per heavy atom. The van der Waals surface area contributed by atoms with E-state index in [1.54, 1.807) is 0 Å². The van der Waals surface area contributed by atoms with Crippen LogP contribution in [-0.2, 0) is 4.79 Å². The Bertz CT molecular complexity index is 400. The molecule has 1 rings (SSSR count). The maximum Gasteiger partial charge on any atom is 0.234 e. The molecular formula is C7H4Cl4N2OS. The third-order valence-electron chi connectivity index (χ3n) is 1.57. The van der Waals surface area contributed by atoms with Crippen molar-refractivity contribution in [1.82, 2.24) is 4.98 Å². The van der Waals surface area contributed by atoms with Crippen molar-refractivity contribution in [1.29, 1.82) is 0 Å². The number of primary amides is 1. The summed E-state index contributed by atoms with van der Waals surface area (Å²) in [6.07, 6.45) is 0. The van der Waals surface area contributed by atoms with Crippen LogP contribution in [0.2, 0.25) is 20.4 Å². The summed E-state index contributed by atoms with van der Waals surface area (Å²) in [5.41, 5.74) is 5.23. The molecule has 0 saturated carbocycles. The average Bonchev–Trinajstić information content (AvgIpc) is 2.15. The van der Waals surface area contributed by atoms with E-state index in [1.165, 1.54) is 0 Å². The number of nitrogens with zero attached hydrogens (tertiary/aromatic N) is 1. The SMILES string of the molecule is NC(=O)C(S)c1c(Cl)c(Cl)nc(Cl)c1Cl. The smallest absolute Gasteiger partial charge is 0.234 e. The topological polar surface area (TPSA) is 56.0 Å². The highest BCUT2D eigenvalue weighted by molar-refractivity contribution is 7.81. The second-order valence-electron chi connectivity index (χ2n) is 2.54. The number of pyridine rings is 1. The average molecular weight is 306 g/mol. The lowest BCUT2D eigenvalue weighted by molar-refractivity contribution is -0.117. The molecular weight excluding hydrogens is 302 g/mol. The van der Waals surface area contributed by atoms with E-state index in [0.717, 1.165) is 0 Å². The van der Waals surface area contributed by atoms with E-state index in [2.05, 4.69) is 17.6 Å². The van der Waals surface area contributed by atoms with Crippen LogP contribution in [0.5, 0.6) is 0 Å². The molecule has 0 aromatic carbocycles. The molecule has 0 bridgehead atoms. The molecule has 0 aliphatic carbocycles. The van der Waals surface area contributed by atoms with Gasteiger partial charge in [0.05, 0.1) is 10.0 Å². The van der Waals surface area contributed by atoms with Gasteiger partial charge in [-0.1, -0.05) is 46.4 Å². The summed E-state index contributed by atoms with van der Waals surface area (Å²) < 4.78 is 0. The van der Waals surface area contributed by atoms with Gasteiger partial charge in [0.1, 0.15) is 15.6 Å². The molecule has 0 aliphatic heterocycles. The number of hydrogen-bond acceptors (Lipinski definition) is 3. The van der Waals surface area contributed by atoms with Crippen LogP contribution in [0.1, 0.15) is 10.8 Å². The van der Waals surface area contributed by atoms with Gasteiger partial charge in [0.2, 0.25) is 5.91 Å². The fraction of sp³-hybridized carbons (Fsp3) is 0.143. The maximum absolute atomic E-state index is 10.9. The molecule has 0 fully saturated rings. The Morgan fingerprint density at radius 3 is 1.93 bits per heavy atom. The van der Waals surface area contributed by atoms with Crippen LogP contribution >= 0.6 is 59.0 Å². The van der Waals surface area contributed by atoms with Crippen LogP contribution < -0.4 is 5.73 Å². The highest BCUT2D eigenvalue weighted by Gasteiger charge is 2.24. The van der Waals surface area contributed by atoms with Crippen molar-refractivity contribution in [2.75, 3.05) is 0 Å². The summed E-state index contributed by atoms with van der Waals surface area (Å²) in [6.45, 7) is 0. The van der Waals surface area contributed by atoms with Gasteiger partial charge in [-0.25, -0.2) is 4.98 Å². The highest BCUT2D eigenvalue weighted by Crippen LogP contribution is 2.40. The summed E-state index contributed by atoms with van der Waals surface area (Å²) in [5.74, 6) is -0.708. The third-order valence-corrected chi connectivity index (χ3v) is 3.59. The molecule has 8 heteroatoms. The van der Waals surface area contributed by atoms with Gasteiger partial charge in [0.15, 0.2) is 0 Å². The zero-order valence-electron chi connectivity index (χ0n) is 6.97. The van der Waals surface area contributed by atoms with E-state index in [0.29, 0.717) is 0 Å². The Morgan fingerprint density at radius 2 is 1.60 bits per heavy atom. The molecule has 2 N–H and O–H groups in total. The predicted molar refractivity (Wildman–Crippen MR) is 65.2 cm³/mol. The zero-order valence-corrected chi connectivity index (χ0v) is 10.9. The quantitative estimate of drug-likeness (QED) is 0.651. The van der Waals surface area contributed by atoms with Gasteiger partial charge in [0.25, 0.3) is 0 Å². The first-order valence-corrected chi connectivity index (χ1v) is 5.56. The van der Waals surface area contributed by atoms with Crippen molar-refractivity contribution in [2.45, 2.75) is 5.25 Å². The van der Waals surface area contributed by atoms with Gasteiger partial charge in [-0.05, 0) is 0 Å². The lowest BCUT2D eigenvalue weighted by Gasteiger charge is -2.12. The molecule has 1 unspecified atom stereocenters. The Balaban J connectivity index is 3.45. The largest absolute Gasteiger partial charge is 0.368 e. The standard InChI is InChI=1S/C7H4Cl4N2OS/c8-2-1(4(15)7(12)14)3(9)6(11)13-5(2)10/h4,15H,(H2,12,14). The summed E-state index contributed by atoms with van der Waals surface area (Å²) in [6, 6.07) is 0. The van der Waals surface area contributed by atoms with Crippen LogP contribution in [-0.4, -0.2) is 10.9 Å². The number of hydrogen-bond donors (Lipinski definition) is 2. The minimum atomic E-state index is -0.983.